The van der Waals surface area contributed by atoms with Crippen LogP contribution in [0.25, 0.3) is 10.9 Å². The van der Waals surface area contributed by atoms with Crippen LogP contribution in [0, 0.1) is 0 Å². The maximum Gasteiger partial charge on any atom is 0.226 e. The van der Waals surface area contributed by atoms with E-state index in [2.05, 4.69) is 9.97 Å². The van der Waals surface area contributed by atoms with Crippen LogP contribution in [-0.4, -0.2) is 9.97 Å². The Hall–Kier alpha value is -2.14. The second-order valence-electron chi connectivity index (χ2n) is 3.77. The molecule has 0 fully saturated rings. The molecule has 0 aliphatic heterocycles. The molecule has 2 heterocycles. The van der Waals surface area contributed by atoms with E-state index in [0.29, 0.717) is 12.5 Å². The van der Waals surface area contributed by atoms with Crippen LogP contribution in [0.15, 0.2) is 41.8 Å². The van der Waals surface area contributed by atoms with Crippen LogP contribution in [-0.2, 0) is 6.61 Å². The number of thiophene rings is 1. The number of aromatic nitrogens is 2. The predicted octanol–water partition coefficient (Wildman–Crippen LogP) is 2.85. The van der Waals surface area contributed by atoms with Crippen molar-refractivity contribution in [3.8, 4) is 5.88 Å². The first kappa shape index (κ1) is 11.0. The van der Waals surface area contributed by atoms with Crippen molar-refractivity contribution >= 4 is 28.2 Å². The molecule has 0 unspecified atom stereocenters. The number of nitrogens with two attached hydrogens (primary N) is 1. The summed E-state index contributed by atoms with van der Waals surface area (Å²) >= 11 is 1.65. The van der Waals surface area contributed by atoms with Gasteiger partial charge in [0.1, 0.15) is 6.61 Å². The number of hydrogen-bond acceptors (Lipinski definition) is 5. The molecule has 2 aromatic heterocycles. The normalized spacial score (nSPS) is 10.7. The molecule has 18 heavy (non-hydrogen) atoms. The maximum atomic E-state index is 5.72. The molecule has 0 radical (unpaired) electrons. The molecule has 2 N–H and O–H groups in total. The van der Waals surface area contributed by atoms with Gasteiger partial charge in [0.05, 0.1) is 10.9 Å². The van der Waals surface area contributed by atoms with Crippen molar-refractivity contribution in [1.82, 2.24) is 9.97 Å². The van der Waals surface area contributed by atoms with E-state index in [-0.39, 0.29) is 5.95 Å². The lowest BCUT2D eigenvalue weighted by atomic mass is 10.2. The molecule has 0 amide bonds. The summed E-state index contributed by atoms with van der Waals surface area (Å²) in [5, 5.41) is 2.90. The van der Waals surface area contributed by atoms with Crippen LogP contribution in [0.2, 0.25) is 0 Å². The summed E-state index contributed by atoms with van der Waals surface area (Å²) in [7, 11) is 0. The summed E-state index contributed by atoms with van der Waals surface area (Å²) in [6.45, 7) is 0.498. The van der Waals surface area contributed by atoms with E-state index in [9.17, 15) is 0 Å². The Bertz CT molecular complexity index is 667. The van der Waals surface area contributed by atoms with Crippen LogP contribution in [0.1, 0.15) is 4.88 Å². The van der Waals surface area contributed by atoms with Crippen molar-refractivity contribution in [1.29, 1.82) is 0 Å². The first-order valence-electron chi connectivity index (χ1n) is 5.50. The van der Waals surface area contributed by atoms with E-state index < -0.39 is 0 Å². The third-order valence-electron chi connectivity index (χ3n) is 2.52. The quantitative estimate of drug-likeness (QED) is 0.783. The van der Waals surface area contributed by atoms with E-state index >= 15 is 0 Å². The van der Waals surface area contributed by atoms with E-state index in [0.717, 1.165) is 15.8 Å². The number of anilines is 1. The number of hydrogen-bond donors (Lipinski definition) is 1. The molecule has 0 saturated carbocycles. The fraction of sp³-hybridized carbons (Fsp3) is 0.0769. The van der Waals surface area contributed by atoms with Gasteiger partial charge in [-0.25, -0.2) is 4.98 Å². The van der Waals surface area contributed by atoms with Crippen molar-refractivity contribution in [3.63, 3.8) is 0 Å². The zero-order valence-corrected chi connectivity index (χ0v) is 10.4. The van der Waals surface area contributed by atoms with Crippen molar-refractivity contribution in [3.05, 3.63) is 46.7 Å². The number of ether oxygens (including phenoxy) is 1. The molecule has 1 aromatic carbocycles. The summed E-state index contributed by atoms with van der Waals surface area (Å²) in [6, 6.07) is 11.7. The average Bonchev–Trinajstić information content (AvgIpc) is 2.89. The third-order valence-corrected chi connectivity index (χ3v) is 3.37. The highest BCUT2D eigenvalue weighted by atomic mass is 32.1. The standard InChI is InChI=1S/C13H11N3OS/c14-13-15-11-6-2-1-5-10(11)12(16-13)17-8-9-4-3-7-18-9/h1-7H,8H2,(H2,14,15,16). The molecule has 90 valence electrons. The van der Waals surface area contributed by atoms with E-state index in [4.69, 9.17) is 10.5 Å². The lowest BCUT2D eigenvalue weighted by Crippen LogP contribution is -2.01. The van der Waals surface area contributed by atoms with Crippen molar-refractivity contribution < 1.29 is 4.74 Å². The average molecular weight is 257 g/mol. The Morgan fingerprint density at radius 2 is 2.00 bits per heavy atom. The smallest absolute Gasteiger partial charge is 0.226 e. The van der Waals surface area contributed by atoms with Gasteiger partial charge >= 0.3 is 0 Å². The van der Waals surface area contributed by atoms with Gasteiger partial charge in [-0.2, -0.15) is 4.98 Å². The van der Waals surface area contributed by atoms with Crippen LogP contribution in [0.5, 0.6) is 5.88 Å². The monoisotopic (exact) mass is 257 g/mol. The number of nitrogens with zero attached hydrogens (tertiary/aromatic N) is 2. The van der Waals surface area contributed by atoms with Gasteiger partial charge in [-0.15, -0.1) is 11.3 Å². The largest absolute Gasteiger partial charge is 0.471 e. The SMILES string of the molecule is Nc1nc(OCc2cccs2)c2ccccc2n1. The number of rotatable bonds is 3. The van der Waals surface area contributed by atoms with Crippen molar-refractivity contribution in [2.75, 3.05) is 5.73 Å². The van der Waals surface area contributed by atoms with Gasteiger partial charge in [0.15, 0.2) is 0 Å². The van der Waals surface area contributed by atoms with Gasteiger partial charge in [-0.3, -0.25) is 0 Å². The second-order valence-corrected chi connectivity index (χ2v) is 4.80. The first-order valence-corrected chi connectivity index (χ1v) is 6.38. The summed E-state index contributed by atoms with van der Waals surface area (Å²) in [6.07, 6.45) is 0. The molecule has 0 saturated heterocycles. The highest BCUT2D eigenvalue weighted by Crippen LogP contribution is 2.24. The number of benzene rings is 1. The summed E-state index contributed by atoms with van der Waals surface area (Å²) < 4.78 is 5.72. The van der Waals surface area contributed by atoms with E-state index in [1.54, 1.807) is 11.3 Å². The topological polar surface area (TPSA) is 61.0 Å². The molecule has 0 aliphatic carbocycles. The molecule has 5 heteroatoms. The van der Waals surface area contributed by atoms with Gasteiger partial charge in [-0.1, -0.05) is 18.2 Å². The molecule has 3 aromatic rings. The van der Waals surface area contributed by atoms with Crippen LogP contribution in [0.4, 0.5) is 5.95 Å². The van der Waals surface area contributed by atoms with E-state index in [1.807, 2.05) is 41.8 Å². The van der Waals surface area contributed by atoms with Gasteiger partial charge in [0.25, 0.3) is 0 Å². The third kappa shape index (κ3) is 2.12. The number of nitrogen functional groups attached to an aromatic ring is 1. The Balaban J connectivity index is 1.95. The Morgan fingerprint density at radius 1 is 1.11 bits per heavy atom. The lowest BCUT2D eigenvalue weighted by Gasteiger charge is -2.07. The Morgan fingerprint density at radius 3 is 2.83 bits per heavy atom. The number of fused-ring (bicyclic) bond motifs is 1. The van der Waals surface area contributed by atoms with Gasteiger partial charge in [-0.05, 0) is 23.6 Å². The highest BCUT2D eigenvalue weighted by Gasteiger charge is 2.07. The minimum atomic E-state index is 0.231. The van der Waals surface area contributed by atoms with Crippen molar-refractivity contribution in [2.24, 2.45) is 0 Å². The molecular weight excluding hydrogens is 246 g/mol. The molecule has 3 rings (SSSR count). The molecular formula is C13H11N3OS. The minimum absolute atomic E-state index is 0.231. The molecule has 0 atom stereocenters. The number of para-hydroxylation sites is 1. The summed E-state index contributed by atoms with van der Waals surface area (Å²) in [5.74, 6) is 0.765. The van der Waals surface area contributed by atoms with Crippen LogP contribution in [0.3, 0.4) is 0 Å². The zero-order chi connectivity index (χ0) is 12.4. The molecule has 0 aliphatic rings. The van der Waals surface area contributed by atoms with E-state index in [1.165, 1.54) is 0 Å². The summed E-state index contributed by atoms with van der Waals surface area (Å²) in [5.41, 5.74) is 6.47. The lowest BCUT2D eigenvalue weighted by molar-refractivity contribution is 0.301. The van der Waals surface area contributed by atoms with Gasteiger partial charge < -0.3 is 10.5 Å². The first-order chi connectivity index (χ1) is 8.83. The van der Waals surface area contributed by atoms with Crippen molar-refractivity contribution in [2.45, 2.75) is 6.61 Å². The minimum Gasteiger partial charge on any atom is -0.471 e. The molecule has 0 spiro atoms. The second kappa shape index (κ2) is 4.62. The maximum absolute atomic E-state index is 5.72. The van der Waals surface area contributed by atoms with Crippen LogP contribution >= 0.6 is 11.3 Å². The fourth-order valence-electron chi connectivity index (χ4n) is 1.71. The van der Waals surface area contributed by atoms with Crippen LogP contribution < -0.4 is 10.5 Å². The van der Waals surface area contributed by atoms with Gasteiger partial charge in [0.2, 0.25) is 11.8 Å². The zero-order valence-electron chi connectivity index (χ0n) is 9.54. The van der Waals surface area contributed by atoms with Gasteiger partial charge in [0, 0.05) is 4.88 Å². The Kier molecular flexibility index (Phi) is 2.82. The predicted molar refractivity (Wildman–Crippen MR) is 72.6 cm³/mol. The summed E-state index contributed by atoms with van der Waals surface area (Å²) in [4.78, 5) is 9.47. The highest BCUT2D eigenvalue weighted by molar-refractivity contribution is 7.09. The molecule has 0 bridgehead atoms. The molecule has 4 nitrogen and oxygen atoms in total. The fourth-order valence-corrected chi connectivity index (χ4v) is 2.32. The Labute approximate surface area is 108 Å².